The summed E-state index contributed by atoms with van der Waals surface area (Å²) in [5, 5.41) is 8.32. The number of amides is 2. The second-order valence-electron chi connectivity index (χ2n) is 8.49. The van der Waals surface area contributed by atoms with E-state index >= 15 is 0 Å². The second-order valence-corrected chi connectivity index (χ2v) is 8.49. The highest BCUT2D eigenvalue weighted by atomic mass is 16.2. The molecule has 2 amide bonds. The maximum Gasteiger partial charge on any atom is 0.237 e. The highest BCUT2D eigenvalue weighted by Gasteiger charge is 2.33. The summed E-state index contributed by atoms with van der Waals surface area (Å²) < 4.78 is 0. The van der Waals surface area contributed by atoms with Gasteiger partial charge < -0.3 is 10.6 Å². The van der Waals surface area contributed by atoms with Crippen LogP contribution in [0.2, 0.25) is 0 Å². The van der Waals surface area contributed by atoms with Crippen LogP contribution >= 0.6 is 0 Å². The predicted molar refractivity (Wildman–Crippen MR) is 118 cm³/mol. The van der Waals surface area contributed by atoms with Gasteiger partial charge in [-0.15, -0.1) is 0 Å². The molecule has 2 aromatic rings. The van der Waals surface area contributed by atoms with Gasteiger partial charge in [-0.05, 0) is 44.0 Å². The van der Waals surface area contributed by atoms with Gasteiger partial charge in [0.25, 0.3) is 0 Å². The third kappa shape index (κ3) is 5.04. The van der Waals surface area contributed by atoms with Gasteiger partial charge in [-0.3, -0.25) is 14.5 Å². The Hall–Kier alpha value is -2.66. The topological polar surface area (TPSA) is 61.4 Å². The summed E-state index contributed by atoms with van der Waals surface area (Å²) in [7, 11) is 0. The molecule has 154 valence electrons. The first kappa shape index (κ1) is 21.1. The van der Waals surface area contributed by atoms with Gasteiger partial charge in [0.15, 0.2) is 0 Å². The van der Waals surface area contributed by atoms with Crippen molar-refractivity contribution in [1.29, 1.82) is 0 Å². The Kier molecular flexibility index (Phi) is 6.38. The van der Waals surface area contributed by atoms with E-state index in [0.717, 1.165) is 22.9 Å². The summed E-state index contributed by atoms with van der Waals surface area (Å²) in [6.45, 7) is 10.1. The molecule has 1 aliphatic heterocycles. The number of hydrogen-bond donors (Lipinski definition) is 2. The van der Waals surface area contributed by atoms with Gasteiger partial charge in [-0.25, -0.2) is 0 Å². The molecular weight excluding hydrogens is 362 g/mol. The van der Waals surface area contributed by atoms with Crippen LogP contribution in [-0.4, -0.2) is 42.4 Å². The van der Waals surface area contributed by atoms with Crippen LogP contribution in [-0.2, 0) is 15.1 Å². The number of nitrogens with zero attached hydrogens (tertiary/aromatic N) is 1. The van der Waals surface area contributed by atoms with E-state index in [9.17, 15) is 9.59 Å². The maximum atomic E-state index is 12.9. The van der Waals surface area contributed by atoms with Crippen molar-refractivity contribution in [2.75, 3.05) is 19.6 Å². The lowest BCUT2D eigenvalue weighted by molar-refractivity contribution is -0.134. The average Bonchev–Trinajstić information content (AvgIpc) is 2.67. The molecule has 0 aromatic heterocycles. The average molecular weight is 394 g/mol. The lowest BCUT2D eigenvalue weighted by Gasteiger charge is -2.35. The lowest BCUT2D eigenvalue weighted by atomic mass is 9.89. The molecule has 2 N–H and O–H groups in total. The van der Waals surface area contributed by atoms with E-state index in [-0.39, 0.29) is 18.2 Å². The van der Waals surface area contributed by atoms with Crippen LogP contribution in [0.25, 0.3) is 10.8 Å². The van der Waals surface area contributed by atoms with Crippen molar-refractivity contribution in [3.63, 3.8) is 0 Å². The number of nitrogens with one attached hydrogen (secondary N) is 2. The van der Waals surface area contributed by atoms with Gasteiger partial charge in [-0.2, -0.15) is 0 Å². The highest BCUT2D eigenvalue weighted by Crippen LogP contribution is 2.28. The molecule has 0 spiro atoms. The van der Waals surface area contributed by atoms with Crippen LogP contribution in [0.5, 0.6) is 0 Å². The fraction of sp³-hybridized carbons (Fsp3) is 0.417. The molecule has 1 atom stereocenters. The first-order valence-corrected chi connectivity index (χ1v) is 10.2. The standard InChI is InChI=1S/C24H31N3O2/c1-17(2)12-14-27-15-13-25-23(29)21(27)16-22(28)26-24(3,4)20-11-7-9-18-8-5-6-10-19(18)20/h5-12,21H,13-16H2,1-4H3,(H,25,29)(H,26,28). The maximum absolute atomic E-state index is 12.9. The Labute approximate surface area is 173 Å². The van der Waals surface area contributed by atoms with E-state index in [4.69, 9.17) is 0 Å². The molecule has 29 heavy (non-hydrogen) atoms. The molecule has 5 heteroatoms. The van der Waals surface area contributed by atoms with Gasteiger partial charge in [0, 0.05) is 19.6 Å². The van der Waals surface area contributed by atoms with Gasteiger partial charge >= 0.3 is 0 Å². The summed E-state index contributed by atoms with van der Waals surface area (Å²) >= 11 is 0. The molecule has 0 bridgehead atoms. The monoisotopic (exact) mass is 393 g/mol. The number of rotatable bonds is 6. The van der Waals surface area contributed by atoms with Crippen LogP contribution in [0.15, 0.2) is 54.1 Å². The minimum absolute atomic E-state index is 0.0727. The first-order chi connectivity index (χ1) is 13.8. The zero-order valence-corrected chi connectivity index (χ0v) is 17.8. The van der Waals surface area contributed by atoms with Gasteiger partial charge in [0.05, 0.1) is 18.0 Å². The van der Waals surface area contributed by atoms with Crippen molar-refractivity contribution in [3.05, 3.63) is 59.7 Å². The number of carbonyl (C=O) groups is 2. The van der Waals surface area contributed by atoms with E-state index < -0.39 is 11.6 Å². The molecular formula is C24H31N3O2. The SMILES string of the molecule is CC(C)=CCN1CCNC(=O)C1CC(=O)NC(C)(C)c1cccc2ccccc12. The third-order valence-corrected chi connectivity index (χ3v) is 5.47. The second kappa shape index (κ2) is 8.78. The van der Waals surface area contributed by atoms with Gasteiger partial charge in [-0.1, -0.05) is 54.1 Å². The van der Waals surface area contributed by atoms with Crippen molar-refractivity contribution in [3.8, 4) is 0 Å². The van der Waals surface area contributed by atoms with Crippen LogP contribution < -0.4 is 10.6 Å². The number of benzene rings is 2. The van der Waals surface area contributed by atoms with Crippen molar-refractivity contribution in [1.82, 2.24) is 15.5 Å². The van der Waals surface area contributed by atoms with Crippen molar-refractivity contribution < 1.29 is 9.59 Å². The number of allylic oxidation sites excluding steroid dienone is 1. The number of hydrogen-bond acceptors (Lipinski definition) is 3. The molecule has 1 heterocycles. The predicted octanol–water partition coefficient (Wildman–Crippen LogP) is 3.35. The smallest absolute Gasteiger partial charge is 0.237 e. The van der Waals surface area contributed by atoms with E-state index in [1.165, 1.54) is 5.57 Å². The highest BCUT2D eigenvalue weighted by molar-refractivity contribution is 5.90. The molecule has 0 saturated carbocycles. The number of piperazine rings is 1. The van der Waals surface area contributed by atoms with Crippen LogP contribution in [0.4, 0.5) is 0 Å². The van der Waals surface area contributed by atoms with E-state index in [0.29, 0.717) is 13.1 Å². The zero-order chi connectivity index (χ0) is 21.0. The summed E-state index contributed by atoms with van der Waals surface area (Å²) in [4.78, 5) is 27.5. The summed E-state index contributed by atoms with van der Waals surface area (Å²) in [6, 6.07) is 13.9. The fourth-order valence-corrected chi connectivity index (χ4v) is 3.92. The van der Waals surface area contributed by atoms with Crippen molar-refractivity contribution in [2.24, 2.45) is 0 Å². The van der Waals surface area contributed by atoms with Crippen molar-refractivity contribution >= 4 is 22.6 Å². The Morgan fingerprint density at radius 1 is 1.21 bits per heavy atom. The summed E-state index contributed by atoms with van der Waals surface area (Å²) in [5.74, 6) is -0.191. The fourth-order valence-electron chi connectivity index (χ4n) is 3.92. The molecule has 0 radical (unpaired) electrons. The van der Waals surface area contributed by atoms with E-state index in [1.807, 2.05) is 45.9 Å². The number of carbonyl (C=O) groups excluding carboxylic acids is 2. The minimum atomic E-state index is -0.548. The molecule has 1 saturated heterocycles. The molecule has 0 aliphatic carbocycles. The summed E-state index contributed by atoms with van der Waals surface area (Å²) in [6.07, 6.45) is 2.25. The van der Waals surface area contributed by atoms with E-state index in [2.05, 4.69) is 45.9 Å². The third-order valence-electron chi connectivity index (χ3n) is 5.47. The van der Waals surface area contributed by atoms with Crippen LogP contribution in [0.3, 0.4) is 0 Å². The van der Waals surface area contributed by atoms with E-state index in [1.54, 1.807) is 0 Å². The minimum Gasteiger partial charge on any atom is -0.353 e. The van der Waals surface area contributed by atoms with Crippen molar-refractivity contribution in [2.45, 2.75) is 45.7 Å². The Balaban J connectivity index is 1.75. The normalized spacial score (nSPS) is 17.7. The molecule has 1 aliphatic rings. The molecule has 5 nitrogen and oxygen atoms in total. The van der Waals surface area contributed by atoms with Crippen LogP contribution in [0, 0.1) is 0 Å². The Morgan fingerprint density at radius 2 is 1.93 bits per heavy atom. The zero-order valence-electron chi connectivity index (χ0n) is 17.8. The Bertz CT molecular complexity index is 923. The molecule has 1 fully saturated rings. The number of fused-ring (bicyclic) bond motifs is 1. The van der Waals surface area contributed by atoms with Gasteiger partial charge in [0.2, 0.25) is 11.8 Å². The first-order valence-electron chi connectivity index (χ1n) is 10.2. The largest absolute Gasteiger partial charge is 0.353 e. The lowest BCUT2D eigenvalue weighted by Crippen LogP contribution is -2.57. The molecule has 3 rings (SSSR count). The Morgan fingerprint density at radius 3 is 2.69 bits per heavy atom. The van der Waals surface area contributed by atoms with Gasteiger partial charge in [0.1, 0.15) is 0 Å². The summed E-state index contributed by atoms with van der Waals surface area (Å²) in [5.41, 5.74) is 1.73. The quantitative estimate of drug-likeness (QED) is 0.740. The molecule has 1 unspecified atom stereocenters. The molecule has 2 aromatic carbocycles. The van der Waals surface area contributed by atoms with Crippen LogP contribution in [0.1, 0.15) is 39.7 Å².